The zero-order chi connectivity index (χ0) is 11.4. The highest BCUT2D eigenvalue weighted by molar-refractivity contribution is 9.10. The van der Waals surface area contributed by atoms with Gasteiger partial charge < -0.3 is 0 Å². The number of aromatic nitrogens is 1. The summed E-state index contributed by atoms with van der Waals surface area (Å²) in [7, 11) is 0. The SMILES string of the molecule is CC.Cc1cc(C(F)(F)F)ncc1Br. The molecule has 14 heavy (non-hydrogen) atoms. The van der Waals surface area contributed by atoms with Crippen LogP contribution in [0.4, 0.5) is 13.2 Å². The lowest BCUT2D eigenvalue weighted by molar-refractivity contribution is -0.141. The molecule has 0 aromatic carbocycles. The summed E-state index contributed by atoms with van der Waals surface area (Å²) in [5.74, 6) is 0. The Balaban J connectivity index is 0.000000791. The fraction of sp³-hybridized carbons (Fsp3) is 0.444. The van der Waals surface area contributed by atoms with Crippen molar-refractivity contribution < 1.29 is 13.2 Å². The molecule has 0 unspecified atom stereocenters. The molecule has 5 heteroatoms. The summed E-state index contributed by atoms with van der Waals surface area (Å²) in [5.41, 5.74) is -0.333. The van der Waals surface area contributed by atoms with Crippen molar-refractivity contribution >= 4 is 15.9 Å². The number of hydrogen-bond donors (Lipinski definition) is 0. The summed E-state index contributed by atoms with van der Waals surface area (Å²) in [6.07, 6.45) is -3.20. The molecule has 0 aliphatic carbocycles. The van der Waals surface area contributed by atoms with Crippen molar-refractivity contribution in [3.05, 3.63) is 28.0 Å². The second kappa shape index (κ2) is 5.34. The smallest absolute Gasteiger partial charge is 0.251 e. The van der Waals surface area contributed by atoms with Crippen LogP contribution in [-0.2, 0) is 6.18 Å². The van der Waals surface area contributed by atoms with Gasteiger partial charge in [-0.2, -0.15) is 13.2 Å². The van der Waals surface area contributed by atoms with Crippen molar-refractivity contribution in [2.45, 2.75) is 26.9 Å². The van der Waals surface area contributed by atoms with Gasteiger partial charge in [-0.1, -0.05) is 13.8 Å². The Morgan fingerprint density at radius 3 is 2.14 bits per heavy atom. The van der Waals surface area contributed by atoms with Gasteiger partial charge in [0.1, 0.15) is 5.69 Å². The van der Waals surface area contributed by atoms with Gasteiger partial charge in [-0.3, -0.25) is 4.98 Å². The zero-order valence-corrected chi connectivity index (χ0v) is 9.70. The predicted octanol–water partition coefficient (Wildman–Crippen LogP) is 4.20. The molecule has 1 aromatic rings. The fourth-order valence-electron chi connectivity index (χ4n) is 0.694. The number of hydrogen-bond acceptors (Lipinski definition) is 1. The number of halogens is 4. The van der Waals surface area contributed by atoms with Crippen molar-refractivity contribution in [3.63, 3.8) is 0 Å². The number of pyridine rings is 1. The molecule has 80 valence electrons. The summed E-state index contributed by atoms with van der Waals surface area (Å²) >= 11 is 3.07. The van der Waals surface area contributed by atoms with Crippen LogP contribution in [0.1, 0.15) is 25.1 Å². The first-order chi connectivity index (χ1) is 6.41. The fourth-order valence-corrected chi connectivity index (χ4v) is 0.911. The normalized spacial score (nSPS) is 10.5. The van der Waals surface area contributed by atoms with Crippen LogP contribution in [0.25, 0.3) is 0 Å². The Morgan fingerprint density at radius 1 is 1.29 bits per heavy atom. The van der Waals surface area contributed by atoms with Gasteiger partial charge in [0.05, 0.1) is 0 Å². The molecule has 0 saturated carbocycles. The van der Waals surface area contributed by atoms with Crippen LogP contribution >= 0.6 is 15.9 Å². The molecule has 1 aromatic heterocycles. The van der Waals surface area contributed by atoms with E-state index < -0.39 is 11.9 Å². The molecule has 0 amide bonds. The van der Waals surface area contributed by atoms with Crippen LogP contribution in [0.3, 0.4) is 0 Å². The summed E-state index contributed by atoms with van der Waals surface area (Å²) in [6.45, 7) is 5.58. The van der Waals surface area contributed by atoms with Crippen molar-refractivity contribution in [1.82, 2.24) is 4.98 Å². The molecule has 0 fully saturated rings. The molecule has 0 spiro atoms. The molecule has 1 rings (SSSR count). The van der Waals surface area contributed by atoms with Gasteiger partial charge in [0.2, 0.25) is 0 Å². The van der Waals surface area contributed by atoms with Crippen molar-refractivity contribution in [2.75, 3.05) is 0 Å². The third-order valence-electron chi connectivity index (χ3n) is 1.34. The average Bonchev–Trinajstić information content (AvgIpc) is 2.11. The monoisotopic (exact) mass is 269 g/mol. The van der Waals surface area contributed by atoms with E-state index in [-0.39, 0.29) is 0 Å². The highest BCUT2D eigenvalue weighted by Crippen LogP contribution is 2.29. The quantitative estimate of drug-likeness (QED) is 0.688. The van der Waals surface area contributed by atoms with Gasteiger partial charge in [0.25, 0.3) is 0 Å². The molecule has 0 aliphatic heterocycles. The largest absolute Gasteiger partial charge is 0.433 e. The molecule has 0 bridgehead atoms. The Bertz CT molecular complexity index is 297. The van der Waals surface area contributed by atoms with E-state index in [1.165, 1.54) is 0 Å². The Morgan fingerprint density at radius 2 is 1.79 bits per heavy atom. The van der Waals surface area contributed by atoms with E-state index in [9.17, 15) is 13.2 Å². The second-order valence-electron chi connectivity index (χ2n) is 2.32. The zero-order valence-electron chi connectivity index (χ0n) is 8.11. The highest BCUT2D eigenvalue weighted by Gasteiger charge is 2.32. The predicted molar refractivity (Wildman–Crippen MR) is 53.0 cm³/mol. The molecule has 0 atom stereocenters. The van der Waals surface area contributed by atoms with Crippen LogP contribution in [0, 0.1) is 6.92 Å². The number of alkyl halides is 3. The lowest BCUT2D eigenvalue weighted by atomic mass is 10.2. The summed E-state index contributed by atoms with van der Waals surface area (Å²) in [5, 5.41) is 0. The van der Waals surface area contributed by atoms with E-state index >= 15 is 0 Å². The Labute approximate surface area is 89.5 Å². The maximum atomic E-state index is 12.0. The van der Waals surface area contributed by atoms with E-state index in [4.69, 9.17) is 0 Å². The first-order valence-electron chi connectivity index (χ1n) is 4.10. The van der Waals surface area contributed by atoms with Crippen LogP contribution < -0.4 is 0 Å². The van der Waals surface area contributed by atoms with Crippen molar-refractivity contribution in [1.29, 1.82) is 0 Å². The summed E-state index contributed by atoms with van der Waals surface area (Å²) in [6, 6.07) is 1.00. The maximum Gasteiger partial charge on any atom is 0.433 e. The molecule has 0 saturated heterocycles. The van der Waals surface area contributed by atoms with Gasteiger partial charge >= 0.3 is 6.18 Å². The van der Waals surface area contributed by atoms with Crippen molar-refractivity contribution in [2.24, 2.45) is 0 Å². The third-order valence-corrected chi connectivity index (χ3v) is 2.17. The summed E-state index contributed by atoms with van der Waals surface area (Å²) in [4.78, 5) is 3.24. The number of nitrogens with zero attached hydrogens (tertiary/aromatic N) is 1. The Kier molecular flexibility index (Phi) is 5.12. The lowest BCUT2D eigenvalue weighted by Crippen LogP contribution is -2.07. The first-order valence-corrected chi connectivity index (χ1v) is 4.90. The molecule has 0 aliphatic rings. The minimum atomic E-state index is -4.36. The van der Waals surface area contributed by atoms with E-state index in [1.807, 2.05) is 13.8 Å². The van der Waals surface area contributed by atoms with Crippen LogP contribution in [0.2, 0.25) is 0 Å². The van der Waals surface area contributed by atoms with Crippen molar-refractivity contribution in [3.8, 4) is 0 Å². The Hall–Kier alpha value is -0.580. The van der Waals surface area contributed by atoms with E-state index in [2.05, 4.69) is 20.9 Å². The molecular weight excluding hydrogens is 259 g/mol. The van der Waals surface area contributed by atoms with Gasteiger partial charge in [-0.15, -0.1) is 0 Å². The van der Waals surface area contributed by atoms with E-state index in [0.29, 0.717) is 10.0 Å². The van der Waals surface area contributed by atoms with Crippen LogP contribution in [-0.4, -0.2) is 4.98 Å². The minimum absolute atomic E-state index is 0.525. The maximum absolute atomic E-state index is 12.0. The standard InChI is InChI=1S/C7H5BrF3N.C2H6/c1-4-2-6(7(9,10)11)12-3-5(4)8;1-2/h2-3H,1H3;1-2H3. The third kappa shape index (κ3) is 3.65. The minimum Gasteiger partial charge on any atom is -0.251 e. The topological polar surface area (TPSA) is 12.9 Å². The molecular formula is C9H11BrF3N. The summed E-state index contributed by atoms with van der Waals surface area (Å²) < 4.78 is 36.6. The molecule has 0 radical (unpaired) electrons. The van der Waals surface area contributed by atoms with Crippen LogP contribution in [0.5, 0.6) is 0 Å². The van der Waals surface area contributed by atoms with Crippen LogP contribution in [0.15, 0.2) is 16.7 Å². The van der Waals surface area contributed by atoms with E-state index in [1.54, 1.807) is 6.92 Å². The number of rotatable bonds is 0. The van der Waals surface area contributed by atoms with Gasteiger partial charge in [-0.05, 0) is 34.5 Å². The molecule has 1 heterocycles. The molecule has 0 N–H and O–H groups in total. The van der Waals surface area contributed by atoms with Gasteiger partial charge in [0, 0.05) is 10.7 Å². The van der Waals surface area contributed by atoms with Gasteiger partial charge in [-0.25, -0.2) is 0 Å². The number of aryl methyl sites for hydroxylation is 1. The highest BCUT2D eigenvalue weighted by atomic mass is 79.9. The first kappa shape index (κ1) is 13.4. The molecule has 1 nitrogen and oxygen atoms in total. The average molecular weight is 270 g/mol. The lowest BCUT2D eigenvalue weighted by Gasteiger charge is -2.06. The van der Waals surface area contributed by atoms with Gasteiger partial charge in [0.15, 0.2) is 0 Å². The second-order valence-corrected chi connectivity index (χ2v) is 3.17. The van der Waals surface area contributed by atoms with E-state index in [0.717, 1.165) is 12.3 Å².